The summed E-state index contributed by atoms with van der Waals surface area (Å²) >= 11 is 12.4. The summed E-state index contributed by atoms with van der Waals surface area (Å²) in [6, 6.07) is 21.7. The van der Waals surface area contributed by atoms with E-state index >= 15 is 0 Å². The second kappa shape index (κ2) is 12.3. The molecule has 36 heavy (non-hydrogen) atoms. The Morgan fingerprint density at radius 3 is 2.17 bits per heavy atom. The van der Waals surface area contributed by atoms with Crippen molar-refractivity contribution >= 4 is 50.7 Å². The van der Waals surface area contributed by atoms with Crippen LogP contribution in [0, 0.1) is 0 Å². The Balaban J connectivity index is 2.04. The van der Waals surface area contributed by atoms with E-state index in [1.54, 1.807) is 42.5 Å². The first kappa shape index (κ1) is 27.5. The maximum Gasteiger partial charge on any atom is 0.244 e. The van der Waals surface area contributed by atoms with Crippen molar-refractivity contribution in [2.24, 2.45) is 0 Å². The van der Waals surface area contributed by atoms with Gasteiger partial charge in [-0.2, -0.15) is 0 Å². The Kier molecular flexibility index (Phi) is 9.37. The lowest BCUT2D eigenvalue weighted by Crippen LogP contribution is -2.52. The third-order valence-electron chi connectivity index (χ3n) is 5.56. The lowest BCUT2D eigenvalue weighted by atomic mass is 10.0. The Hall–Kier alpha value is -3.07. The monoisotopic (exact) mass is 547 g/mol. The van der Waals surface area contributed by atoms with Gasteiger partial charge < -0.3 is 10.2 Å². The van der Waals surface area contributed by atoms with Crippen LogP contribution in [0.1, 0.15) is 11.1 Å². The molecule has 1 N–H and O–H groups in total. The van der Waals surface area contributed by atoms with Crippen LogP contribution < -0.4 is 9.62 Å². The molecule has 3 aromatic carbocycles. The SMILES string of the molecule is CNC(=O)[C@@H](Cc1ccccc1)N(Cc1cccc(Cl)c1)C(=O)CN(c1ccccc1Cl)S(C)(=O)=O. The lowest BCUT2D eigenvalue weighted by molar-refractivity contribution is -0.139. The lowest BCUT2D eigenvalue weighted by Gasteiger charge is -2.33. The van der Waals surface area contributed by atoms with Crippen LogP contribution in [0.25, 0.3) is 0 Å². The van der Waals surface area contributed by atoms with Crippen molar-refractivity contribution in [2.75, 3.05) is 24.2 Å². The fourth-order valence-electron chi connectivity index (χ4n) is 3.80. The molecule has 10 heteroatoms. The molecular weight excluding hydrogens is 521 g/mol. The minimum absolute atomic E-state index is 0.0461. The molecule has 0 fully saturated rings. The van der Waals surface area contributed by atoms with E-state index in [-0.39, 0.29) is 29.6 Å². The van der Waals surface area contributed by atoms with Crippen LogP contribution in [-0.2, 0) is 32.6 Å². The number of nitrogens with zero attached hydrogens (tertiary/aromatic N) is 2. The first-order valence-electron chi connectivity index (χ1n) is 11.1. The zero-order valence-corrected chi connectivity index (χ0v) is 22.2. The normalized spacial score (nSPS) is 12.0. The highest BCUT2D eigenvalue weighted by Crippen LogP contribution is 2.28. The zero-order chi connectivity index (χ0) is 26.3. The number of anilines is 1. The largest absolute Gasteiger partial charge is 0.357 e. The van der Waals surface area contributed by atoms with Crippen molar-refractivity contribution in [1.29, 1.82) is 0 Å². The summed E-state index contributed by atoms with van der Waals surface area (Å²) in [5.41, 5.74) is 1.72. The Morgan fingerprint density at radius 1 is 0.917 bits per heavy atom. The number of amides is 2. The molecular formula is C26H27Cl2N3O4S. The summed E-state index contributed by atoms with van der Waals surface area (Å²) in [5.74, 6) is -0.942. The molecule has 3 aromatic rings. The molecule has 0 aliphatic carbocycles. The maximum absolute atomic E-state index is 13.8. The Morgan fingerprint density at radius 2 is 1.56 bits per heavy atom. The van der Waals surface area contributed by atoms with Crippen molar-refractivity contribution < 1.29 is 18.0 Å². The van der Waals surface area contributed by atoms with E-state index in [0.717, 1.165) is 16.1 Å². The Labute approximate surface area is 221 Å². The van der Waals surface area contributed by atoms with Gasteiger partial charge in [0.2, 0.25) is 21.8 Å². The predicted octanol–water partition coefficient (Wildman–Crippen LogP) is 4.15. The molecule has 0 radical (unpaired) electrons. The van der Waals surface area contributed by atoms with Crippen molar-refractivity contribution in [3.05, 3.63) is 100 Å². The number of hydrogen-bond acceptors (Lipinski definition) is 4. The van der Waals surface area contributed by atoms with Gasteiger partial charge in [-0.3, -0.25) is 13.9 Å². The number of halogens is 2. The zero-order valence-electron chi connectivity index (χ0n) is 19.9. The van der Waals surface area contributed by atoms with Gasteiger partial charge in [0.1, 0.15) is 12.6 Å². The van der Waals surface area contributed by atoms with E-state index in [1.807, 2.05) is 30.3 Å². The second-order valence-electron chi connectivity index (χ2n) is 8.19. The van der Waals surface area contributed by atoms with E-state index in [2.05, 4.69) is 5.32 Å². The molecule has 0 aliphatic rings. The minimum Gasteiger partial charge on any atom is -0.357 e. The van der Waals surface area contributed by atoms with Crippen molar-refractivity contribution in [3.63, 3.8) is 0 Å². The number of likely N-dealkylation sites (N-methyl/N-ethyl adjacent to an activating group) is 1. The van der Waals surface area contributed by atoms with Crippen LogP contribution >= 0.6 is 23.2 Å². The van der Waals surface area contributed by atoms with Gasteiger partial charge in [0, 0.05) is 25.0 Å². The number of hydrogen-bond donors (Lipinski definition) is 1. The number of carbonyl (C=O) groups is 2. The average Bonchev–Trinajstić information content (AvgIpc) is 2.84. The first-order chi connectivity index (χ1) is 17.1. The summed E-state index contributed by atoms with van der Waals surface area (Å²) in [4.78, 5) is 28.2. The summed E-state index contributed by atoms with van der Waals surface area (Å²) in [6.07, 6.45) is 1.24. The predicted molar refractivity (Wildman–Crippen MR) is 144 cm³/mol. The molecule has 0 saturated carbocycles. The van der Waals surface area contributed by atoms with E-state index in [9.17, 15) is 18.0 Å². The number of rotatable bonds is 10. The standard InChI is InChI=1S/C26H27Cl2N3O4S/c1-29-26(33)24(16-19-9-4-3-5-10-19)30(17-20-11-8-12-21(27)15-20)25(32)18-31(36(2,34)35)23-14-7-6-13-22(23)28/h3-15,24H,16-18H2,1-2H3,(H,29,33)/t24-/m1/s1. The van der Waals surface area contributed by atoms with Gasteiger partial charge in [0.15, 0.2) is 0 Å². The van der Waals surface area contributed by atoms with Crippen molar-refractivity contribution in [2.45, 2.75) is 19.0 Å². The molecule has 0 aromatic heterocycles. The molecule has 1 atom stereocenters. The fourth-order valence-corrected chi connectivity index (χ4v) is 5.16. The maximum atomic E-state index is 13.8. The number of carbonyl (C=O) groups excluding carboxylic acids is 2. The summed E-state index contributed by atoms with van der Waals surface area (Å²) in [6.45, 7) is -0.490. The van der Waals surface area contributed by atoms with Crippen molar-refractivity contribution in [1.82, 2.24) is 10.2 Å². The molecule has 0 unspecified atom stereocenters. The van der Waals surface area contributed by atoms with Gasteiger partial charge in [-0.05, 0) is 35.4 Å². The number of nitrogens with one attached hydrogen (secondary N) is 1. The number of para-hydroxylation sites is 1. The van der Waals surface area contributed by atoms with Gasteiger partial charge in [0.25, 0.3) is 0 Å². The molecule has 0 spiro atoms. The topological polar surface area (TPSA) is 86.8 Å². The molecule has 7 nitrogen and oxygen atoms in total. The van der Waals surface area contributed by atoms with E-state index in [0.29, 0.717) is 10.6 Å². The van der Waals surface area contributed by atoms with Crippen LogP contribution in [0.3, 0.4) is 0 Å². The van der Waals surface area contributed by atoms with Crippen LogP contribution in [0.5, 0.6) is 0 Å². The van der Waals surface area contributed by atoms with Crippen LogP contribution in [0.15, 0.2) is 78.9 Å². The second-order valence-corrected chi connectivity index (χ2v) is 10.9. The third kappa shape index (κ3) is 7.22. The summed E-state index contributed by atoms with van der Waals surface area (Å²) in [7, 11) is -2.38. The van der Waals surface area contributed by atoms with Gasteiger partial charge in [0.05, 0.1) is 17.0 Å². The van der Waals surface area contributed by atoms with E-state index < -0.39 is 28.5 Å². The van der Waals surface area contributed by atoms with Crippen LogP contribution in [0.4, 0.5) is 5.69 Å². The van der Waals surface area contributed by atoms with Gasteiger partial charge in [-0.15, -0.1) is 0 Å². The first-order valence-corrected chi connectivity index (χ1v) is 13.7. The van der Waals surface area contributed by atoms with Gasteiger partial charge in [-0.1, -0.05) is 77.8 Å². The molecule has 0 bridgehead atoms. The minimum atomic E-state index is -3.88. The fraction of sp³-hybridized carbons (Fsp3) is 0.231. The highest BCUT2D eigenvalue weighted by Gasteiger charge is 2.33. The van der Waals surface area contributed by atoms with Crippen LogP contribution in [-0.4, -0.2) is 51.0 Å². The van der Waals surface area contributed by atoms with Crippen LogP contribution in [0.2, 0.25) is 10.0 Å². The molecule has 3 rings (SSSR count). The third-order valence-corrected chi connectivity index (χ3v) is 7.24. The number of sulfonamides is 1. The van der Waals surface area contributed by atoms with Gasteiger partial charge in [-0.25, -0.2) is 8.42 Å². The summed E-state index contributed by atoms with van der Waals surface area (Å²) < 4.78 is 26.3. The molecule has 0 heterocycles. The molecule has 190 valence electrons. The average molecular weight is 548 g/mol. The van der Waals surface area contributed by atoms with E-state index in [4.69, 9.17) is 23.2 Å². The van der Waals surface area contributed by atoms with Crippen molar-refractivity contribution in [3.8, 4) is 0 Å². The Bertz CT molecular complexity index is 1320. The summed E-state index contributed by atoms with van der Waals surface area (Å²) in [5, 5.41) is 3.29. The van der Waals surface area contributed by atoms with E-state index in [1.165, 1.54) is 18.0 Å². The number of benzene rings is 3. The molecule has 0 saturated heterocycles. The highest BCUT2D eigenvalue weighted by atomic mass is 35.5. The molecule has 2 amide bonds. The highest BCUT2D eigenvalue weighted by molar-refractivity contribution is 7.92. The van der Waals surface area contributed by atoms with Gasteiger partial charge >= 0.3 is 0 Å². The molecule has 0 aliphatic heterocycles. The smallest absolute Gasteiger partial charge is 0.244 e. The quantitative estimate of drug-likeness (QED) is 0.413.